The molecule has 0 unspecified atom stereocenters. The summed E-state index contributed by atoms with van der Waals surface area (Å²) in [6.45, 7) is 2.91. The highest BCUT2D eigenvalue weighted by Crippen LogP contribution is 2.24. The van der Waals surface area contributed by atoms with E-state index in [-0.39, 0.29) is 0 Å². The Balaban J connectivity index is 1.69. The van der Waals surface area contributed by atoms with Gasteiger partial charge in [-0.25, -0.2) is 0 Å². The van der Waals surface area contributed by atoms with Crippen molar-refractivity contribution >= 4 is 5.69 Å². The fourth-order valence-electron chi connectivity index (χ4n) is 2.19. The number of benzene rings is 1. The average molecular weight is 235 g/mol. The first kappa shape index (κ1) is 12.4. The molecule has 94 valence electrons. The smallest absolute Gasteiger partial charge is 0.0701 e. The van der Waals surface area contributed by atoms with E-state index < -0.39 is 0 Å². The predicted octanol–water partition coefficient (Wildman–Crippen LogP) is 2.25. The van der Waals surface area contributed by atoms with Crippen LogP contribution in [0.3, 0.4) is 0 Å². The van der Waals surface area contributed by atoms with Gasteiger partial charge in [0.2, 0.25) is 0 Å². The molecule has 1 N–H and O–H groups in total. The summed E-state index contributed by atoms with van der Waals surface area (Å²) >= 11 is 0. The molecular weight excluding hydrogens is 214 g/mol. The molecule has 17 heavy (non-hydrogen) atoms. The van der Waals surface area contributed by atoms with Crippen LogP contribution in [0.2, 0.25) is 0 Å². The van der Waals surface area contributed by atoms with Crippen LogP contribution in [0.4, 0.5) is 5.69 Å². The maximum atomic E-state index is 5.40. The molecule has 3 heteroatoms. The van der Waals surface area contributed by atoms with Crippen LogP contribution >= 0.6 is 0 Å². The Kier molecular flexibility index (Phi) is 4.83. The number of fused-ring (bicyclic) bond motifs is 1. The molecule has 0 saturated heterocycles. The van der Waals surface area contributed by atoms with Crippen LogP contribution in [0, 0.1) is 0 Å². The lowest BCUT2D eigenvalue weighted by Gasteiger charge is -2.09. The van der Waals surface area contributed by atoms with Crippen LogP contribution in [0.15, 0.2) is 18.2 Å². The molecule has 0 spiro atoms. The zero-order chi connectivity index (χ0) is 11.9. The van der Waals surface area contributed by atoms with E-state index in [1.807, 2.05) is 0 Å². The van der Waals surface area contributed by atoms with Crippen LogP contribution in [0.25, 0.3) is 0 Å². The minimum Gasteiger partial charge on any atom is -0.383 e. The van der Waals surface area contributed by atoms with Crippen molar-refractivity contribution < 1.29 is 9.47 Å². The van der Waals surface area contributed by atoms with Crippen molar-refractivity contribution in [1.29, 1.82) is 0 Å². The number of aryl methyl sites for hydroxylation is 2. The van der Waals surface area contributed by atoms with Gasteiger partial charge in [-0.15, -0.1) is 0 Å². The summed E-state index contributed by atoms with van der Waals surface area (Å²) in [7, 11) is 1.69. The molecular formula is C14H21NO2. The minimum absolute atomic E-state index is 0.666. The zero-order valence-corrected chi connectivity index (χ0v) is 10.5. The van der Waals surface area contributed by atoms with Gasteiger partial charge in [-0.2, -0.15) is 0 Å². The summed E-state index contributed by atoms with van der Waals surface area (Å²) in [4.78, 5) is 0. The average Bonchev–Trinajstić information content (AvgIpc) is 2.81. The van der Waals surface area contributed by atoms with Gasteiger partial charge in [0.1, 0.15) is 0 Å². The standard InChI is InChI=1S/C14H21NO2/c1-16-9-10-17-8-7-15-14-6-5-12-3-2-4-13(12)11-14/h5-6,11,15H,2-4,7-10H2,1H3. The van der Waals surface area contributed by atoms with Crippen molar-refractivity contribution in [2.24, 2.45) is 0 Å². The molecule has 0 fully saturated rings. The molecule has 2 rings (SSSR count). The molecule has 0 heterocycles. The van der Waals surface area contributed by atoms with E-state index in [1.54, 1.807) is 7.11 Å². The van der Waals surface area contributed by atoms with E-state index in [0.29, 0.717) is 13.2 Å². The largest absolute Gasteiger partial charge is 0.383 e. The van der Waals surface area contributed by atoms with E-state index in [2.05, 4.69) is 23.5 Å². The van der Waals surface area contributed by atoms with Crippen molar-refractivity contribution in [3.8, 4) is 0 Å². The first-order chi connectivity index (χ1) is 8.40. The van der Waals surface area contributed by atoms with Crippen molar-refractivity contribution in [2.75, 3.05) is 38.8 Å². The van der Waals surface area contributed by atoms with E-state index in [9.17, 15) is 0 Å². The van der Waals surface area contributed by atoms with E-state index in [4.69, 9.17) is 9.47 Å². The number of anilines is 1. The highest BCUT2D eigenvalue weighted by molar-refractivity contribution is 5.50. The van der Waals surface area contributed by atoms with Gasteiger partial charge in [-0.05, 0) is 42.5 Å². The Hall–Kier alpha value is -1.06. The van der Waals surface area contributed by atoms with Crippen LogP contribution in [-0.4, -0.2) is 33.5 Å². The van der Waals surface area contributed by atoms with Gasteiger partial charge >= 0.3 is 0 Å². The quantitative estimate of drug-likeness (QED) is 0.735. The first-order valence-electron chi connectivity index (χ1n) is 6.32. The predicted molar refractivity (Wildman–Crippen MR) is 69.7 cm³/mol. The van der Waals surface area contributed by atoms with Gasteiger partial charge in [-0.3, -0.25) is 0 Å². The Labute approximate surface area is 103 Å². The second kappa shape index (κ2) is 6.62. The summed E-state index contributed by atoms with van der Waals surface area (Å²) in [5, 5.41) is 3.39. The number of rotatable bonds is 7. The summed E-state index contributed by atoms with van der Waals surface area (Å²) in [5.74, 6) is 0. The lowest BCUT2D eigenvalue weighted by Crippen LogP contribution is -2.12. The van der Waals surface area contributed by atoms with Gasteiger partial charge in [0.25, 0.3) is 0 Å². The highest BCUT2D eigenvalue weighted by Gasteiger charge is 2.10. The number of ether oxygens (including phenoxy) is 2. The van der Waals surface area contributed by atoms with Gasteiger partial charge in [0, 0.05) is 19.3 Å². The molecule has 0 bridgehead atoms. The van der Waals surface area contributed by atoms with Gasteiger partial charge in [0.15, 0.2) is 0 Å². The van der Waals surface area contributed by atoms with E-state index in [0.717, 1.165) is 13.2 Å². The molecule has 1 aromatic carbocycles. The first-order valence-corrected chi connectivity index (χ1v) is 6.32. The van der Waals surface area contributed by atoms with Crippen LogP contribution in [-0.2, 0) is 22.3 Å². The topological polar surface area (TPSA) is 30.5 Å². The van der Waals surface area contributed by atoms with E-state index in [1.165, 1.54) is 36.1 Å². The maximum Gasteiger partial charge on any atom is 0.0701 e. The lowest BCUT2D eigenvalue weighted by molar-refractivity contribution is 0.0759. The summed E-state index contributed by atoms with van der Waals surface area (Å²) in [5.41, 5.74) is 4.24. The van der Waals surface area contributed by atoms with Gasteiger partial charge in [-0.1, -0.05) is 6.07 Å². The molecule has 0 aliphatic heterocycles. The zero-order valence-electron chi connectivity index (χ0n) is 10.5. The van der Waals surface area contributed by atoms with Crippen molar-refractivity contribution in [1.82, 2.24) is 0 Å². The molecule has 3 nitrogen and oxygen atoms in total. The molecule has 1 aromatic rings. The van der Waals surface area contributed by atoms with Crippen LogP contribution < -0.4 is 5.32 Å². The Morgan fingerprint density at radius 3 is 2.88 bits per heavy atom. The highest BCUT2D eigenvalue weighted by atomic mass is 16.5. The normalized spacial score (nSPS) is 13.7. The van der Waals surface area contributed by atoms with Gasteiger partial charge < -0.3 is 14.8 Å². The van der Waals surface area contributed by atoms with Gasteiger partial charge in [0.05, 0.1) is 19.8 Å². The Morgan fingerprint density at radius 2 is 2.00 bits per heavy atom. The molecule has 0 radical (unpaired) electrons. The molecule has 0 amide bonds. The summed E-state index contributed by atoms with van der Waals surface area (Å²) in [6.07, 6.45) is 3.78. The number of hydrogen-bond acceptors (Lipinski definition) is 3. The fraction of sp³-hybridized carbons (Fsp3) is 0.571. The molecule has 0 aromatic heterocycles. The summed E-state index contributed by atoms with van der Waals surface area (Å²) in [6, 6.07) is 6.69. The van der Waals surface area contributed by atoms with Crippen LogP contribution in [0.1, 0.15) is 17.5 Å². The SMILES string of the molecule is COCCOCCNc1ccc2c(c1)CCC2. The third-order valence-corrected chi connectivity index (χ3v) is 3.11. The molecule has 1 aliphatic rings. The molecule has 1 aliphatic carbocycles. The van der Waals surface area contributed by atoms with Crippen molar-refractivity contribution in [3.63, 3.8) is 0 Å². The monoisotopic (exact) mass is 235 g/mol. The van der Waals surface area contributed by atoms with Crippen molar-refractivity contribution in [3.05, 3.63) is 29.3 Å². The van der Waals surface area contributed by atoms with Crippen molar-refractivity contribution in [2.45, 2.75) is 19.3 Å². The third-order valence-electron chi connectivity index (χ3n) is 3.11. The number of nitrogens with one attached hydrogen (secondary N) is 1. The third kappa shape index (κ3) is 3.72. The Morgan fingerprint density at radius 1 is 1.12 bits per heavy atom. The number of hydrogen-bond donors (Lipinski definition) is 1. The maximum absolute atomic E-state index is 5.40. The molecule has 0 saturated carbocycles. The molecule has 0 atom stereocenters. The second-order valence-corrected chi connectivity index (χ2v) is 4.37. The fourth-order valence-corrected chi connectivity index (χ4v) is 2.19. The second-order valence-electron chi connectivity index (χ2n) is 4.37. The summed E-state index contributed by atoms with van der Waals surface area (Å²) < 4.78 is 10.3. The van der Waals surface area contributed by atoms with E-state index >= 15 is 0 Å². The lowest BCUT2D eigenvalue weighted by atomic mass is 10.1. The Bertz CT molecular complexity index is 352. The minimum atomic E-state index is 0.666. The number of methoxy groups -OCH3 is 1. The van der Waals surface area contributed by atoms with Crippen LogP contribution in [0.5, 0.6) is 0 Å².